The van der Waals surface area contributed by atoms with Gasteiger partial charge in [0.1, 0.15) is 11.9 Å². The summed E-state index contributed by atoms with van der Waals surface area (Å²) in [5.41, 5.74) is 1.32. The molecule has 0 radical (unpaired) electrons. The van der Waals surface area contributed by atoms with E-state index in [2.05, 4.69) is 15.5 Å². The maximum Gasteiger partial charge on any atom is 0.281 e. The van der Waals surface area contributed by atoms with Crippen LogP contribution in [0.4, 0.5) is 10.1 Å². The minimum atomic E-state index is -2.79. The van der Waals surface area contributed by atoms with Crippen molar-refractivity contribution in [3.05, 3.63) is 64.5 Å². The molecule has 3 amide bonds. The van der Waals surface area contributed by atoms with Gasteiger partial charge in [0, 0.05) is 43.9 Å². The molecule has 0 bridgehead atoms. The highest BCUT2D eigenvalue weighted by Gasteiger charge is 2.54. The maximum absolute atomic E-state index is 14.9. The van der Waals surface area contributed by atoms with Gasteiger partial charge in [-0.2, -0.15) is 0 Å². The van der Waals surface area contributed by atoms with E-state index < -0.39 is 35.5 Å². The molecule has 1 unspecified atom stereocenters. The van der Waals surface area contributed by atoms with Crippen LogP contribution in [0.25, 0.3) is 0 Å². The number of anilines is 1. The van der Waals surface area contributed by atoms with Gasteiger partial charge in [-0.05, 0) is 30.2 Å². The van der Waals surface area contributed by atoms with Crippen LogP contribution in [0.3, 0.4) is 0 Å². The summed E-state index contributed by atoms with van der Waals surface area (Å²) in [5, 5.41) is 27.1. The van der Waals surface area contributed by atoms with E-state index in [1.807, 2.05) is 6.07 Å². The Bertz CT molecular complexity index is 1210. The summed E-state index contributed by atoms with van der Waals surface area (Å²) >= 11 is 0. The first kappa shape index (κ1) is 24.3. The average Bonchev–Trinajstić information content (AvgIpc) is 3.05. The summed E-state index contributed by atoms with van der Waals surface area (Å²) in [7, 11) is 0. The van der Waals surface area contributed by atoms with Crippen LogP contribution in [-0.4, -0.2) is 70.1 Å². The highest BCUT2D eigenvalue weighted by atomic mass is 19.1. The molecular weight excluding hydrogens is 471 g/mol. The van der Waals surface area contributed by atoms with Gasteiger partial charge in [0.25, 0.3) is 11.8 Å². The molecule has 0 spiro atoms. The molecule has 190 valence electrons. The lowest BCUT2D eigenvalue weighted by molar-refractivity contribution is -0.258. The van der Waals surface area contributed by atoms with Gasteiger partial charge in [-0.25, -0.2) is 4.39 Å². The highest BCUT2D eigenvalue weighted by Crippen LogP contribution is 2.42. The number of nitrogens with zero attached hydrogens (tertiary/aromatic N) is 2. The minimum absolute atomic E-state index is 0.0102. The third-order valence-corrected chi connectivity index (χ3v) is 6.80. The lowest BCUT2D eigenvalue weighted by Gasteiger charge is -2.36. The number of amides is 3. The molecule has 11 heteroatoms. The topological polar surface area (TPSA) is 131 Å². The normalized spacial score (nSPS) is 21.9. The quantitative estimate of drug-likeness (QED) is 0.337. The van der Waals surface area contributed by atoms with Crippen molar-refractivity contribution in [3.8, 4) is 0 Å². The molecule has 10 nitrogen and oxygen atoms in total. The second-order valence-corrected chi connectivity index (χ2v) is 9.17. The smallest absolute Gasteiger partial charge is 0.281 e. The second kappa shape index (κ2) is 9.58. The van der Waals surface area contributed by atoms with Crippen LogP contribution in [-0.2, 0) is 33.3 Å². The summed E-state index contributed by atoms with van der Waals surface area (Å²) in [6.45, 7) is 3.56. The van der Waals surface area contributed by atoms with Gasteiger partial charge in [0.2, 0.25) is 11.8 Å². The molecule has 4 N–H and O–H groups in total. The van der Waals surface area contributed by atoms with Crippen LogP contribution in [0.2, 0.25) is 0 Å². The SMILES string of the molecule is O=C1CCC(N2C(=O)c3cccc(NCc4ccc(CN5CCOCC5)cc4F)c3C2(O)O)C(=O)N1. The largest absolute Gasteiger partial charge is 0.380 e. The van der Waals surface area contributed by atoms with Crippen molar-refractivity contribution in [2.75, 3.05) is 31.6 Å². The molecule has 36 heavy (non-hydrogen) atoms. The van der Waals surface area contributed by atoms with Crippen molar-refractivity contribution in [3.63, 3.8) is 0 Å². The number of hydrogen-bond donors (Lipinski definition) is 4. The molecule has 3 heterocycles. The van der Waals surface area contributed by atoms with Crippen LogP contribution in [0.15, 0.2) is 36.4 Å². The number of halogens is 1. The lowest BCUT2D eigenvalue weighted by atomic mass is 10.0. The fraction of sp³-hybridized carbons (Fsp3) is 0.400. The molecular formula is C25H27FN4O6. The minimum Gasteiger partial charge on any atom is -0.380 e. The predicted octanol–water partition coefficient (Wildman–Crippen LogP) is 0.626. The number of aliphatic hydroxyl groups is 2. The molecule has 0 aliphatic carbocycles. The monoisotopic (exact) mass is 498 g/mol. The van der Waals surface area contributed by atoms with Crippen LogP contribution < -0.4 is 10.6 Å². The van der Waals surface area contributed by atoms with Gasteiger partial charge in [-0.3, -0.25) is 29.5 Å². The summed E-state index contributed by atoms with van der Waals surface area (Å²) in [5.74, 6) is -5.19. The first-order valence-corrected chi connectivity index (χ1v) is 11.8. The van der Waals surface area contributed by atoms with Crippen molar-refractivity contribution in [1.82, 2.24) is 15.1 Å². The molecule has 2 saturated heterocycles. The fourth-order valence-corrected chi connectivity index (χ4v) is 4.96. The molecule has 5 rings (SSSR count). The Morgan fingerprint density at radius 2 is 1.92 bits per heavy atom. The third kappa shape index (κ3) is 4.46. The fourth-order valence-electron chi connectivity index (χ4n) is 4.96. The van der Waals surface area contributed by atoms with E-state index in [-0.39, 0.29) is 36.2 Å². The van der Waals surface area contributed by atoms with Gasteiger partial charge >= 0.3 is 0 Å². The Morgan fingerprint density at radius 3 is 2.64 bits per heavy atom. The van der Waals surface area contributed by atoms with E-state index >= 15 is 0 Å². The van der Waals surface area contributed by atoms with E-state index in [4.69, 9.17) is 4.74 Å². The van der Waals surface area contributed by atoms with Gasteiger partial charge in [0.05, 0.1) is 24.3 Å². The molecule has 1 atom stereocenters. The number of ether oxygens (including phenoxy) is 1. The van der Waals surface area contributed by atoms with E-state index in [0.717, 1.165) is 18.7 Å². The van der Waals surface area contributed by atoms with Gasteiger partial charge in [0.15, 0.2) is 0 Å². The summed E-state index contributed by atoms with van der Waals surface area (Å²) in [4.78, 5) is 39.8. The number of rotatable bonds is 6. The Balaban J connectivity index is 1.33. The van der Waals surface area contributed by atoms with E-state index in [1.165, 1.54) is 12.1 Å². The van der Waals surface area contributed by atoms with Crippen molar-refractivity contribution < 1.29 is 33.7 Å². The molecule has 2 fully saturated rings. The zero-order valence-corrected chi connectivity index (χ0v) is 19.5. The van der Waals surface area contributed by atoms with E-state index in [0.29, 0.717) is 30.2 Å². The first-order valence-electron chi connectivity index (χ1n) is 11.8. The Morgan fingerprint density at radius 1 is 1.14 bits per heavy atom. The number of fused-ring (bicyclic) bond motifs is 1. The Labute approximate surface area is 206 Å². The maximum atomic E-state index is 14.9. The molecule has 3 aliphatic rings. The number of carbonyl (C=O) groups is 3. The summed E-state index contributed by atoms with van der Waals surface area (Å²) < 4.78 is 20.2. The third-order valence-electron chi connectivity index (χ3n) is 6.80. The molecule has 2 aromatic rings. The molecule has 3 aliphatic heterocycles. The summed E-state index contributed by atoms with van der Waals surface area (Å²) in [6.07, 6.45) is -0.0590. The second-order valence-electron chi connectivity index (χ2n) is 9.17. The van der Waals surface area contributed by atoms with Crippen molar-refractivity contribution >= 4 is 23.4 Å². The van der Waals surface area contributed by atoms with E-state index in [9.17, 15) is 29.0 Å². The number of hydrogen-bond acceptors (Lipinski definition) is 8. The van der Waals surface area contributed by atoms with Crippen LogP contribution >= 0.6 is 0 Å². The molecule has 2 aromatic carbocycles. The predicted molar refractivity (Wildman–Crippen MR) is 125 cm³/mol. The van der Waals surface area contributed by atoms with Crippen molar-refractivity contribution in [2.45, 2.75) is 37.9 Å². The zero-order chi connectivity index (χ0) is 25.4. The van der Waals surface area contributed by atoms with Gasteiger partial charge in [-0.1, -0.05) is 18.2 Å². The standard InChI is InChI=1S/C25H27FN4O6/c26-18-12-15(14-29-8-10-36-11-9-29)4-5-16(18)13-27-19-3-1-2-17-22(19)25(34,35)30(24(17)33)20-6-7-21(31)28-23(20)32/h1-5,12,20,27,34-35H,6-11,13-14H2,(H,28,31,32). The number of carbonyl (C=O) groups excluding carboxylic acids is 3. The molecule has 0 saturated carbocycles. The average molecular weight is 499 g/mol. The summed E-state index contributed by atoms with van der Waals surface area (Å²) in [6, 6.07) is 8.32. The number of piperidine rings is 1. The molecule has 0 aromatic heterocycles. The van der Waals surface area contributed by atoms with Gasteiger partial charge in [-0.15, -0.1) is 0 Å². The Kier molecular flexibility index (Phi) is 6.47. The first-order chi connectivity index (χ1) is 17.3. The van der Waals surface area contributed by atoms with Crippen LogP contribution in [0.1, 0.15) is 39.9 Å². The zero-order valence-electron chi connectivity index (χ0n) is 19.5. The number of imide groups is 1. The van der Waals surface area contributed by atoms with Crippen molar-refractivity contribution in [2.24, 2.45) is 0 Å². The van der Waals surface area contributed by atoms with Crippen LogP contribution in [0, 0.1) is 5.82 Å². The Hall–Kier alpha value is -3.38. The highest BCUT2D eigenvalue weighted by molar-refractivity contribution is 6.06. The number of benzene rings is 2. The lowest BCUT2D eigenvalue weighted by Crippen LogP contribution is -2.58. The number of morpholine rings is 1. The van der Waals surface area contributed by atoms with E-state index in [1.54, 1.807) is 18.2 Å². The van der Waals surface area contributed by atoms with Crippen molar-refractivity contribution in [1.29, 1.82) is 0 Å². The number of nitrogens with one attached hydrogen (secondary N) is 2. The van der Waals surface area contributed by atoms with Gasteiger partial charge < -0.3 is 20.3 Å². The van der Waals surface area contributed by atoms with Crippen LogP contribution in [0.5, 0.6) is 0 Å².